The maximum Gasteiger partial charge on any atom is 0.506 e. The number of halogens is 5. The zero-order chi connectivity index (χ0) is 12.6. The summed E-state index contributed by atoms with van der Waals surface area (Å²) in [4.78, 5) is 10.2. The van der Waals surface area contributed by atoms with Crippen LogP contribution in [0.1, 0.15) is 25.7 Å². The van der Waals surface area contributed by atoms with Gasteiger partial charge >= 0.3 is 12.1 Å². The highest BCUT2D eigenvalue weighted by Gasteiger charge is 2.47. The third-order valence-electron chi connectivity index (χ3n) is 2.76. The van der Waals surface area contributed by atoms with Gasteiger partial charge < -0.3 is 4.90 Å². The summed E-state index contributed by atoms with van der Waals surface area (Å²) in [6.45, 7) is 0. The lowest BCUT2D eigenvalue weighted by atomic mass is 9.91. The van der Waals surface area contributed by atoms with Crippen molar-refractivity contribution >= 4 is 5.91 Å². The minimum Gasteiger partial charge on any atom is -0.393 e. The molecule has 0 heterocycles. The molecule has 0 aromatic carbocycles. The molecule has 0 bridgehead atoms. The molecule has 1 atom stereocenters. The largest absolute Gasteiger partial charge is 0.506 e. The summed E-state index contributed by atoms with van der Waals surface area (Å²) < 4.78 is 61.6. The van der Waals surface area contributed by atoms with Crippen LogP contribution < -0.4 is 4.90 Å². The van der Waals surface area contributed by atoms with E-state index in [4.69, 9.17) is 0 Å². The molecule has 0 aromatic rings. The second-order valence-corrected chi connectivity index (χ2v) is 3.98. The summed E-state index contributed by atoms with van der Waals surface area (Å²) in [6, 6.07) is -0.770. The highest BCUT2D eigenvalue weighted by molar-refractivity contribution is 5.73. The van der Waals surface area contributed by atoms with E-state index in [-0.39, 0.29) is 12.8 Å². The summed E-state index contributed by atoms with van der Waals surface area (Å²) in [5, 5.41) is 0. The van der Waals surface area contributed by atoms with Gasteiger partial charge in [-0.15, -0.1) is 7.05 Å². The number of carbonyl (C=O) groups excluding carboxylic acids is 1. The molecular weight excluding hydrogens is 233 g/mol. The number of alkyl halides is 5. The van der Waals surface area contributed by atoms with Crippen molar-refractivity contribution in [3.63, 3.8) is 0 Å². The van der Waals surface area contributed by atoms with Crippen LogP contribution in [0.2, 0.25) is 0 Å². The highest BCUT2D eigenvalue weighted by Crippen LogP contribution is 2.32. The van der Waals surface area contributed by atoms with Crippen LogP contribution in [0.4, 0.5) is 22.0 Å². The predicted octanol–water partition coefficient (Wildman–Crippen LogP) is 1.33. The van der Waals surface area contributed by atoms with E-state index in [2.05, 4.69) is 7.05 Å². The van der Waals surface area contributed by atoms with Crippen LogP contribution in [0, 0.1) is 7.05 Å². The van der Waals surface area contributed by atoms with Crippen molar-refractivity contribution in [3.05, 3.63) is 7.05 Å². The molecule has 0 radical (unpaired) electrons. The Labute approximate surface area is 89.4 Å². The smallest absolute Gasteiger partial charge is 0.393 e. The first kappa shape index (κ1) is 13.3. The number of hydrogen-bond donors (Lipinski definition) is 1. The Bertz CT molecular complexity index is 266. The van der Waals surface area contributed by atoms with Crippen LogP contribution >= 0.6 is 0 Å². The Balaban J connectivity index is 2.57. The van der Waals surface area contributed by atoms with Gasteiger partial charge in [-0.1, -0.05) is 0 Å². The molecule has 16 heavy (non-hydrogen) atoms. The molecular formula is C9H12F5NO. The van der Waals surface area contributed by atoms with Crippen LogP contribution in [0.25, 0.3) is 0 Å². The number of rotatable bonds is 1. The molecule has 0 spiro atoms. The molecule has 1 unspecified atom stereocenters. The van der Waals surface area contributed by atoms with Gasteiger partial charge in [0.2, 0.25) is 5.92 Å². The fraction of sp³-hybridized carbons (Fsp3) is 0.778. The molecule has 0 aliphatic heterocycles. The summed E-state index contributed by atoms with van der Waals surface area (Å²) in [5.41, 5.74) is 0. The van der Waals surface area contributed by atoms with E-state index in [1.165, 1.54) is 0 Å². The normalized spacial score (nSPS) is 24.1. The quantitative estimate of drug-likeness (QED) is 0.546. The van der Waals surface area contributed by atoms with Gasteiger partial charge in [-0.05, 0) is 0 Å². The molecule has 1 rings (SSSR count). The molecule has 1 saturated carbocycles. The number of carbonyl (C=O) groups is 1. The first-order valence-electron chi connectivity index (χ1n) is 4.81. The van der Waals surface area contributed by atoms with Crippen LogP contribution in [0.15, 0.2) is 0 Å². The number of quaternary nitrogens is 1. The van der Waals surface area contributed by atoms with E-state index < -0.39 is 41.8 Å². The van der Waals surface area contributed by atoms with Crippen LogP contribution in [0.3, 0.4) is 0 Å². The maximum atomic E-state index is 12.7. The van der Waals surface area contributed by atoms with Crippen molar-refractivity contribution in [2.24, 2.45) is 0 Å². The van der Waals surface area contributed by atoms with Crippen molar-refractivity contribution < 1.29 is 31.6 Å². The van der Waals surface area contributed by atoms with Crippen molar-refractivity contribution in [3.8, 4) is 0 Å². The summed E-state index contributed by atoms with van der Waals surface area (Å²) >= 11 is 0. The average molecular weight is 245 g/mol. The van der Waals surface area contributed by atoms with E-state index in [0.717, 1.165) is 0 Å². The Morgan fingerprint density at radius 2 is 1.69 bits per heavy atom. The number of nitrogens with one attached hydrogen (secondary N) is 1. The lowest BCUT2D eigenvalue weighted by Gasteiger charge is -2.34. The van der Waals surface area contributed by atoms with E-state index in [0.29, 0.717) is 0 Å². The van der Waals surface area contributed by atoms with E-state index >= 15 is 0 Å². The van der Waals surface area contributed by atoms with Gasteiger partial charge in [-0.2, -0.15) is 13.2 Å². The van der Waals surface area contributed by atoms with Gasteiger partial charge in [-0.3, -0.25) is 0 Å². The van der Waals surface area contributed by atoms with E-state index in [9.17, 15) is 26.7 Å². The molecule has 7 heteroatoms. The lowest BCUT2D eigenvalue weighted by Crippen LogP contribution is -3.15. The molecule has 1 fully saturated rings. The fourth-order valence-electron chi connectivity index (χ4n) is 1.76. The van der Waals surface area contributed by atoms with Crippen molar-refractivity contribution in [1.82, 2.24) is 0 Å². The summed E-state index contributed by atoms with van der Waals surface area (Å²) in [7, 11) is 3.08. The second-order valence-electron chi connectivity index (χ2n) is 3.98. The van der Waals surface area contributed by atoms with Crippen LogP contribution in [-0.4, -0.2) is 24.0 Å². The fourth-order valence-corrected chi connectivity index (χ4v) is 1.76. The van der Waals surface area contributed by atoms with Crippen LogP contribution in [-0.2, 0) is 4.79 Å². The molecule has 1 N–H and O–H groups in total. The minimum absolute atomic E-state index is 0.117. The summed E-state index contributed by atoms with van der Waals surface area (Å²) in [6.07, 6.45) is -6.16. The Kier molecular flexibility index (Phi) is 3.56. The lowest BCUT2D eigenvalue weighted by molar-refractivity contribution is -0.809. The van der Waals surface area contributed by atoms with Gasteiger partial charge in [0, 0.05) is 25.7 Å². The van der Waals surface area contributed by atoms with Crippen molar-refractivity contribution in [1.29, 1.82) is 0 Å². The predicted molar refractivity (Wildman–Crippen MR) is 44.6 cm³/mol. The van der Waals surface area contributed by atoms with Gasteiger partial charge in [-0.25, -0.2) is 13.6 Å². The molecule has 0 saturated heterocycles. The zero-order valence-corrected chi connectivity index (χ0v) is 8.41. The topological polar surface area (TPSA) is 21.5 Å². The molecule has 94 valence electrons. The molecule has 1 aliphatic rings. The number of hydrogen-bond acceptors (Lipinski definition) is 1. The summed E-state index contributed by atoms with van der Waals surface area (Å²) in [5.74, 6) is -4.82. The van der Waals surface area contributed by atoms with Crippen LogP contribution in [0.5, 0.6) is 0 Å². The SMILES string of the molecule is [CH2-][NH+](C(=O)C(F)(F)F)C1CCC(F)(F)CC1. The molecule has 1 amide bonds. The average Bonchev–Trinajstić information content (AvgIpc) is 2.14. The number of amides is 1. The van der Waals surface area contributed by atoms with Crippen molar-refractivity contribution in [2.75, 3.05) is 0 Å². The second kappa shape index (κ2) is 4.27. The Morgan fingerprint density at radius 1 is 1.25 bits per heavy atom. The van der Waals surface area contributed by atoms with Crippen molar-refractivity contribution in [2.45, 2.75) is 43.8 Å². The molecule has 1 aliphatic carbocycles. The third-order valence-corrected chi connectivity index (χ3v) is 2.76. The van der Waals surface area contributed by atoms with Gasteiger partial charge in [0.25, 0.3) is 0 Å². The highest BCUT2D eigenvalue weighted by atomic mass is 19.4. The first-order valence-corrected chi connectivity index (χ1v) is 4.81. The zero-order valence-electron chi connectivity index (χ0n) is 8.41. The Morgan fingerprint density at radius 3 is 2.06 bits per heavy atom. The Hall–Kier alpha value is -0.720. The molecule has 0 aromatic heterocycles. The van der Waals surface area contributed by atoms with Gasteiger partial charge in [0.1, 0.15) is 0 Å². The maximum absolute atomic E-state index is 12.7. The van der Waals surface area contributed by atoms with E-state index in [1.807, 2.05) is 0 Å². The minimum atomic E-state index is -4.96. The monoisotopic (exact) mass is 245 g/mol. The van der Waals surface area contributed by atoms with E-state index in [1.54, 1.807) is 0 Å². The molecule has 2 nitrogen and oxygen atoms in total. The van der Waals surface area contributed by atoms with Gasteiger partial charge in [0.15, 0.2) is 0 Å². The standard InChI is InChI=1S/C9H12F5NO/c1-15(7(16)9(12,13)14)6-2-4-8(10,11)5-3-6/h6,15H,1-5H2. The third kappa shape index (κ3) is 3.13. The van der Waals surface area contributed by atoms with Gasteiger partial charge in [0.05, 0.1) is 6.04 Å². The first-order chi connectivity index (χ1) is 7.13.